The average molecular weight is 423 g/mol. The van der Waals surface area contributed by atoms with Crippen LogP contribution in [-0.4, -0.2) is 68.6 Å². The van der Waals surface area contributed by atoms with Gasteiger partial charge in [0.2, 0.25) is 0 Å². The van der Waals surface area contributed by atoms with Crippen molar-refractivity contribution in [1.29, 1.82) is 0 Å². The van der Waals surface area contributed by atoms with Crippen molar-refractivity contribution in [3.05, 3.63) is 41.5 Å². The summed E-state index contributed by atoms with van der Waals surface area (Å²) in [6.07, 6.45) is 2.14. The molecule has 6 heteroatoms. The Bertz CT molecular complexity index is 1130. The maximum Gasteiger partial charge on any atom is 0.161 e. The van der Waals surface area contributed by atoms with Crippen LogP contribution in [0.3, 0.4) is 0 Å². The fraction of sp³-hybridized carbons (Fsp3) is 0.440. The summed E-state index contributed by atoms with van der Waals surface area (Å²) in [5.74, 6) is 2.36. The summed E-state index contributed by atoms with van der Waals surface area (Å²) >= 11 is 0. The molecule has 6 nitrogen and oxygen atoms in total. The molecule has 3 aromatic rings. The second-order valence-corrected chi connectivity index (χ2v) is 8.50. The summed E-state index contributed by atoms with van der Waals surface area (Å²) in [6.45, 7) is 3.81. The van der Waals surface area contributed by atoms with Crippen LogP contribution in [0.2, 0.25) is 0 Å². The van der Waals surface area contributed by atoms with Crippen LogP contribution < -0.4 is 14.2 Å². The molecule has 2 aliphatic rings. The molecule has 0 aromatic heterocycles. The van der Waals surface area contributed by atoms with Gasteiger partial charge >= 0.3 is 0 Å². The van der Waals surface area contributed by atoms with E-state index >= 15 is 0 Å². The van der Waals surface area contributed by atoms with Gasteiger partial charge in [0.15, 0.2) is 11.5 Å². The van der Waals surface area contributed by atoms with Gasteiger partial charge in [-0.3, -0.25) is 9.80 Å². The van der Waals surface area contributed by atoms with E-state index in [1.807, 2.05) is 0 Å². The molecular weight excluding hydrogens is 392 g/mol. The number of methoxy groups -OCH3 is 3. The number of hydrogen-bond donors (Lipinski definition) is 1. The van der Waals surface area contributed by atoms with Crippen LogP contribution in [0.4, 0.5) is 0 Å². The lowest BCUT2D eigenvalue weighted by molar-refractivity contribution is 0.0183. The number of hydrogen-bond acceptors (Lipinski definition) is 6. The van der Waals surface area contributed by atoms with Gasteiger partial charge in [-0.1, -0.05) is 6.07 Å². The molecular formula is C25H30N2O4. The van der Waals surface area contributed by atoms with Crippen LogP contribution in [0.5, 0.6) is 17.2 Å². The van der Waals surface area contributed by atoms with Crippen molar-refractivity contribution in [3.63, 3.8) is 0 Å². The van der Waals surface area contributed by atoms with E-state index < -0.39 is 0 Å². The van der Waals surface area contributed by atoms with Crippen molar-refractivity contribution in [1.82, 2.24) is 9.80 Å². The van der Waals surface area contributed by atoms with Crippen LogP contribution in [0, 0.1) is 0 Å². The van der Waals surface area contributed by atoms with Gasteiger partial charge in [-0.05, 0) is 69.8 Å². The zero-order valence-corrected chi connectivity index (χ0v) is 18.5. The van der Waals surface area contributed by atoms with Crippen molar-refractivity contribution < 1.29 is 19.3 Å². The Hall–Kier alpha value is -2.54. The molecule has 0 radical (unpaired) electrons. The summed E-state index contributed by atoms with van der Waals surface area (Å²) in [5, 5.41) is 14.2. The molecule has 1 saturated heterocycles. The summed E-state index contributed by atoms with van der Waals surface area (Å²) in [4.78, 5) is 4.92. The zero-order valence-electron chi connectivity index (χ0n) is 18.5. The van der Waals surface area contributed by atoms with Gasteiger partial charge < -0.3 is 19.3 Å². The van der Waals surface area contributed by atoms with Crippen LogP contribution >= 0.6 is 0 Å². The number of rotatable bonds is 5. The van der Waals surface area contributed by atoms with Crippen LogP contribution in [0.15, 0.2) is 30.3 Å². The molecule has 0 amide bonds. The minimum Gasteiger partial charge on any atom is -0.497 e. The van der Waals surface area contributed by atoms with Crippen molar-refractivity contribution in [3.8, 4) is 17.2 Å². The smallest absolute Gasteiger partial charge is 0.161 e. The lowest BCUT2D eigenvalue weighted by atomic mass is 9.83. The fourth-order valence-corrected chi connectivity index (χ4v) is 5.36. The molecule has 1 N–H and O–H groups in total. The van der Waals surface area contributed by atoms with E-state index in [0.29, 0.717) is 6.04 Å². The monoisotopic (exact) mass is 422 g/mol. The summed E-state index contributed by atoms with van der Waals surface area (Å²) in [5.41, 5.74) is 2.81. The molecule has 2 aliphatic heterocycles. The highest BCUT2D eigenvalue weighted by molar-refractivity contribution is 6.12. The number of benzene rings is 3. The van der Waals surface area contributed by atoms with Gasteiger partial charge in [-0.2, -0.15) is 0 Å². The molecule has 2 heterocycles. The lowest BCUT2D eigenvalue weighted by Crippen LogP contribution is -2.53. The van der Waals surface area contributed by atoms with E-state index in [1.54, 1.807) is 21.3 Å². The number of aliphatic hydroxyl groups is 1. The Kier molecular flexibility index (Phi) is 5.38. The van der Waals surface area contributed by atoms with Crippen molar-refractivity contribution in [2.75, 3.05) is 47.7 Å². The Morgan fingerprint density at radius 3 is 2.35 bits per heavy atom. The van der Waals surface area contributed by atoms with E-state index in [4.69, 9.17) is 14.2 Å². The Balaban J connectivity index is 1.73. The SMILES string of the molecule is COc1ccc2c3c(c4cc(OC)c(OC)cc4c2c1)C[C@H]1CCN(CCO)CN1C3. The Labute approximate surface area is 182 Å². The van der Waals surface area contributed by atoms with Crippen molar-refractivity contribution >= 4 is 21.5 Å². The molecule has 0 saturated carbocycles. The molecule has 3 aromatic carbocycles. The van der Waals surface area contributed by atoms with E-state index in [1.165, 1.54) is 32.7 Å². The molecule has 1 atom stereocenters. The Morgan fingerprint density at radius 2 is 1.65 bits per heavy atom. The third-order valence-electron chi connectivity index (χ3n) is 6.95. The van der Waals surface area contributed by atoms with E-state index in [-0.39, 0.29) is 6.61 Å². The van der Waals surface area contributed by atoms with Crippen LogP contribution in [-0.2, 0) is 13.0 Å². The third-order valence-corrected chi connectivity index (χ3v) is 6.95. The molecule has 164 valence electrons. The number of aliphatic hydroxyl groups excluding tert-OH is 1. The molecule has 0 bridgehead atoms. The number of ether oxygens (including phenoxy) is 3. The first-order valence-electron chi connectivity index (χ1n) is 10.9. The maximum atomic E-state index is 9.38. The van der Waals surface area contributed by atoms with Gasteiger partial charge in [0.1, 0.15) is 5.75 Å². The highest BCUT2D eigenvalue weighted by Gasteiger charge is 2.33. The summed E-state index contributed by atoms with van der Waals surface area (Å²) < 4.78 is 16.8. The van der Waals surface area contributed by atoms with E-state index in [2.05, 4.69) is 40.1 Å². The predicted octanol–water partition coefficient (Wildman–Crippen LogP) is 3.40. The lowest BCUT2D eigenvalue weighted by Gasteiger charge is -2.45. The van der Waals surface area contributed by atoms with Crippen molar-refractivity contribution in [2.45, 2.75) is 25.4 Å². The van der Waals surface area contributed by atoms with Crippen molar-refractivity contribution in [2.24, 2.45) is 0 Å². The van der Waals surface area contributed by atoms with Gasteiger partial charge in [0.25, 0.3) is 0 Å². The van der Waals surface area contributed by atoms with Crippen LogP contribution in [0.25, 0.3) is 21.5 Å². The van der Waals surface area contributed by atoms with Gasteiger partial charge in [0, 0.05) is 25.7 Å². The fourth-order valence-electron chi connectivity index (χ4n) is 5.36. The normalized spacial score (nSPS) is 19.3. The van der Waals surface area contributed by atoms with Crippen LogP contribution in [0.1, 0.15) is 17.5 Å². The highest BCUT2D eigenvalue weighted by atomic mass is 16.5. The molecule has 1 fully saturated rings. The van der Waals surface area contributed by atoms with E-state index in [9.17, 15) is 5.11 Å². The van der Waals surface area contributed by atoms with Gasteiger partial charge in [-0.25, -0.2) is 0 Å². The van der Waals surface area contributed by atoms with Gasteiger partial charge in [-0.15, -0.1) is 0 Å². The highest BCUT2D eigenvalue weighted by Crippen LogP contribution is 2.43. The standard InChI is InChI=1S/C25H30N2O4/c1-29-17-4-5-18-20(11-17)22-13-25(31-3)24(30-2)12-21(22)19-10-16-6-7-26(8-9-28)15-27(16)14-23(18)19/h4-5,11-13,16,28H,6-10,14-15H2,1-3H3/t16-/m1/s1. The average Bonchev–Trinajstić information content (AvgIpc) is 2.82. The first kappa shape index (κ1) is 20.4. The molecule has 31 heavy (non-hydrogen) atoms. The minimum atomic E-state index is 0.212. The third kappa shape index (κ3) is 3.39. The maximum absolute atomic E-state index is 9.38. The molecule has 0 spiro atoms. The first-order valence-corrected chi connectivity index (χ1v) is 10.9. The molecule has 0 aliphatic carbocycles. The molecule has 5 rings (SSSR count). The second-order valence-electron chi connectivity index (χ2n) is 8.50. The largest absolute Gasteiger partial charge is 0.497 e. The predicted molar refractivity (Wildman–Crippen MR) is 122 cm³/mol. The number of fused-ring (bicyclic) bond motifs is 7. The summed E-state index contributed by atoms with van der Waals surface area (Å²) in [6, 6.07) is 11.1. The second kappa shape index (κ2) is 8.19. The minimum absolute atomic E-state index is 0.212. The zero-order chi connectivity index (χ0) is 21.5. The van der Waals surface area contributed by atoms with Gasteiger partial charge in [0.05, 0.1) is 34.6 Å². The molecule has 0 unspecified atom stereocenters. The first-order chi connectivity index (χ1) is 15.2. The number of nitrogens with zero attached hydrogens (tertiary/aromatic N) is 2. The summed E-state index contributed by atoms with van der Waals surface area (Å²) in [7, 11) is 5.08. The number of β-amino-alcohol motifs (C(OH)–C–C–N with tert-alkyl or cyclic N) is 1. The quantitative estimate of drug-likeness (QED) is 0.636. The van der Waals surface area contributed by atoms with E-state index in [0.717, 1.165) is 56.4 Å². The topological polar surface area (TPSA) is 54.4 Å². The Morgan fingerprint density at radius 1 is 0.903 bits per heavy atom.